The second kappa shape index (κ2) is 6.02. The Morgan fingerprint density at radius 1 is 1.33 bits per heavy atom. The largest absolute Gasteiger partial charge is 0.353 e. The van der Waals surface area contributed by atoms with Crippen LogP contribution in [0, 0.1) is 0 Å². The molecular weight excluding hydrogens is 226 g/mol. The van der Waals surface area contributed by atoms with Gasteiger partial charge in [-0.1, -0.05) is 6.92 Å². The van der Waals surface area contributed by atoms with E-state index in [-0.39, 0.29) is 11.9 Å². The quantitative estimate of drug-likeness (QED) is 0.771. The maximum atomic E-state index is 11.9. The van der Waals surface area contributed by atoms with Gasteiger partial charge in [-0.2, -0.15) is 0 Å². The standard InChI is InChI=1S/C14H27N3O/c1-4-17(9-14(18)15-10(2)3)13-7-11-5-6-12(8-13)16-11/h10-13,16H,4-9H2,1-3H3,(H,15,18). The summed E-state index contributed by atoms with van der Waals surface area (Å²) in [5.74, 6) is 0.165. The molecule has 2 bridgehead atoms. The highest BCUT2D eigenvalue weighted by atomic mass is 16.2. The minimum atomic E-state index is 0.165. The van der Waals surface area contributed by atoms with Crippen molar-refractivity contribution in [2.45, 2.75) is 70.6 Å². The summed E-state index contributed by atoms with van der Waals surface area (Å²) in [5, 5.41) is 6.65. The number of hydrogen-bond donors (Lipinski definition) is 2. The van der Waals surface area contributed by atoms with Gasteiger partial charge in [0.2, 0.25) is 5.91 Å². The van der Waals surface area contributed by atoms with E-state index in [1.807, 2.05) is 13.8 Å². The highest BCUT2D eigenvalue weighted by Gasteiger charge is 2.35. The van der Waals surface area contributed by atoms with Gasteiger partial charge in [0.1, 0.15) is 0 Å². The smallest absolute Gasteiger partial charge is 0.234 e. The number of nitrogens with one attached hydrogen (secondary N) is 2. The molecule has 0 spiro atoms. The Hall–Kier alpha value is -0.610. The van der Waals surface area contributed by atoms with Crippen molar-refractivity contribution < 1.29 is 4.79 Å². The second-order valence-electron chi connectivity index (χ2n) is 6.05. The SMILES string of the molecule is CCN(CC(=O)NC(C)C)C1CC2CCC(C1)N2. The van der Waals surface area contributed by atoms with Crippen LogP contribution in [0.2, 0.25) is 0 Å². The van der Waals surface area contributed by atoms with Crippen LogP contribution in [-0.4, -0.2) is 48.1 Å². The Balaban J connectivity index is 1.86. The van der Waals surface area contributed by atoms with Crippen LogP contribution in [0.4, 0.5) is 0 Å². The first-order chi connectivity index (χ1) is 8.58. The van der Waals surface area contributed by atoms with E-state index >= 15 is 0 Å². The minimum absolute atomic E-state index is 0.165. The topological polar surface area (TPSA) is 44.4 Å². The lowest BCUT2D eigenvalue weighted by Crippen LogP contribution is -2.51. The molecule has 4 nitrogen and oxygen atoms in total. The molecule has 2 heterocycles. The first-order valence-corrected chi connectivity index (χ1v) is 7.38. The van der Waals surface area contributed by atoms with Gasteiger partial charge in [-0.15, -0.1) is 0 Å². The maximum Gasteiger partial charge on any atom is 0.234 e. The van der Waals surface area contributed by atoms with Crippen molar-refractivity contribution in [3.63, 3.8) is 0 Å². The minimum Gasteiger partial charge on any atom is -0.353 e. The van der Waals surface area contributed by atoms with Gasteiger partial charge in [-0.05, 0) is 46.1 Å². The fourth-order valence-electron chi connectivity index (χ4n) is 3.38. The van der Waals surface area contributed by atoms with E-state index in [0.29, 0.717) is 24.7 Å². The molecule has 18 heavy (non-hydrogen) atoms. The van der Waals surface area contributed by atoms with Crippen molar-refractivity contribution in [2.75, 3.05) is 13.1 Å². The fraction of sp³-hybridized carbons (Fsp3) is 0.929. The zero-order chi connectivity index (χ0) is 13.1. The summed E-state index contributed by atoms with van der Waals surface area (Å²) in [7, 11) is 0. The average Bonchev–Trinajstić information content (AvgIpc) is 2.64. The van der Waals surface area contributed by atoms with Crippen molar-refractivity contribution in [3.05, 3.63) is 0 Å². The molecule has 2 atom stereocenters. The maximum absolute atomic E-state index is 11.9. The van der Waals surface area contributed by atoms with E-state index in [9.17, 15) is 4.79 Å². The van der Waals surface area contributed by atoms with E-state index in [0.717, 1.165) is 6.54 Å². The monoisotopic (exact) mass is 253 g/mol. The Bertz CT molecular complexity index is 281. The van der Waals surface area contributed by atoms with Gasteiger partial charge in [0.05, 0.1) is 6.54 Å². The van der Waals surface area contributed by atoms with Gasteiger partial charge in [-0.3, -0.25) is 9.69 Å². The number of hydrogen-bond acceptors (Lipinski definition) is 3. The van der Waals surface area contributed by atoms with Crippen molar-refractivity contribution in [1.29, 1.82) is 0 Å². The highest BCUT2D eigenvalue weighted by molar-refractivity contribution is 5.78. The third kappa shape index (κ3) is 3.45. The summed E-state index contributed by atoms with van der Waals surface area (Å²) in [6.45, 7) is 7.71. The third-order valence-corrected chi connectivity index (χ3v) is 4.17. The molecule has 2 rings (SSSR count). The van der Waals surface area contributed by atoms with Crippen LogP contribution in [0.1, 0.15) is 46.5 Å². The number of likely N-dealkylation sites (N-methyl/N-ethyl adjacent to an activating group) is 1. The van der Waals surface area contributed by atoms with E-state index in [2.05, 4.69) is 22.5 Å². The lowest BCUT2D eigenvalue weighted by molar-refractivity contribution is -0.123. The summed E-state index contributed by atoms with van der Waals surface area (Å²) >= 11 is 0. The Morgan fingerprint density at radius 2 is 1.94 bits per heavy atom. The van der Waals surface area contributed by atoms with Crippen molar-refractivity contribution in [3.8, 4) is 0 Å². The lowest BCUT2D eigenvalue weighted by atomic mass is 9.98. The first kappa shape index (κ1) is 13.8. The van der Waals surface area contributed by atoms with Crippen LogP contribution in [0.15, 0.2) is 0 Å². The van der Waals surface area contributed by atoms with Crippen LogP contribution in [0.25, 0.3) is 0 Å². The molecular formula is C14H27N3O. The molecule has 2 fully saturated rings. The number of carbonyl (C=O) groups is 1. The van der Waals surface area contributed by atoms with Crippen molar-refractivity contribution >= 4 is 5.91 Å². The Morgan fingerprint density at radius 3 is 2.44 bits per heavy atom. The van der Waals surface area contributed by atoms with Gasteiger partial charge in [0, 0.05) is 24.2 Å². The molecule has 2 unspecified atom stereocenters. The summed E-state index contributed by atoms with van der Waals surface area (Å²) in [4.78, 5) is 14.2. The van der Waals surface area contributed by atoms with Crippen LogP contribution >= 0.6 is 0 Å². The number of nitrogens with zero attached hydrogens (tertiary/aromatic N) is 1. The number of rotatable bonds is 5. The molecule has 0 saturated carbocycles. The van der Waals surface area contributed by atoms with E-state index < -0.39 is 0 Å². The molecule has 0 aliphatic carbocycles. The third-order valence-electron chi connectivity index (χ3n) is 4.17. The van der Waals surface area contributed by atoms with Gasteiger partial charge in [0.25, 0.3) is 0 Å². The molecule has 0 radical (unpaired) electrons. The van der Waals surface area contributed by atoms with Crippen LogP contribution in [0.3, 0.4) is 0 Å². The predicted octanol–water partition coefficient (Wildman–Crippen LogP) is 1.12. The first-order valence-electron chi connectivity index (χ1n) is 7.38. The lowest BCUT2D eigenvalue weighted by Gasteiger charge is -2.37. The van der Waals surface area contributed by atoms with E-state index in [1.165, 1.54) is 25.7 Å². The predicted molar refractivity (Wildman–Crippen MR) is 73.5 cm³/mol. The van der Waals surface area contributed by atoms with Gasteiger partial charge < -0.3 is 10.6 Å². The zero-order valence-electron chi connectivity index (χ0n) is 11.9. The van der Waals surface area contributed by atoms with Crippen molar-refractivity contribution in [1.82, 2.24) is 15.5 Å². The molecule has 1 amide bonds. The number of carbonyl (C=O) groups excluding carboxylic acids is 1. The fourth-order valence-corrected chi connectivity index (χ4v) is 3.38. The molecule has 2 aliphatic rings. The number of fused-ring (bicyclic) bond motifs is 2. The molecule has 104 valence electrons. The molecule has 2 N–H and O–H groups in total. The van der Waals surface area contributed by atoms with Gasteiger partial charge in [0.15, 0.2) is 0 Å². The van der Waals surface area contributed by atoms with E-state index in [1.54, 1.807) is 0 Å². The van der Waals surface area contributed by atoms with Crippen molar-refractivity contribution in [2.24, 2.45) is 0 Å². The molecule has 0 aromatic heterocycles. The zero-order valence-corrected chi connectivity index (χ0v) is 11.9. The second-order valence-corrected chi connectivity index (χ2v) is 6.05. The molecule has 0 aromatic carbocycles. The van der Waals surface area contributed by atoms with Gasteiger partial charge in [-0.25, -0.2) is 0 Å². The summed E-state index contributed by atoms with van der Waals surface area (Å²) < 4.78 is 0. The van der Waals surface area contributed by atoms with Crippen LogP contribution in [0.5, 0.6) is 0 Å². The summed E-state index contributed by atoms with van der Waals surface area (Å²) in [6.07, 6.45) is 5.05. The molecule has 0 aromatic rings. The summed E-state index contributed by atoms with van der Waals surface area (Å²) in [5.41, 5.74) is 0. The van der Waals surface area contributed by atoms with E-state index in [4.69, 9.17) is 0 Å². The highest BCUT2D eigenvalue weighted by Crippen LogP contribution is 2.29. The van der Waals surface area contributed by atoms with Crippen LogP contribution in [-0.2, 0) is 4.79 Å². The Labute approximate surface area is 110 Å². The Kier molecular flexibility index (Phi) is 4.62. The number of piperidine rings is 1. The normalized spacial score (nSPS) is 31.1. The summed E-state index contributed by atoms with van der Waals surface area (Å²) in [6, 6.07) is 2.21. The molecule has 2 saturated heterocycles. The van der Waals surface area contributed by atoms with Crippen LogP contribution < -0.4 is 10.6 Å². The average molecular weight is 253 g/mol. The molecule has 2 aliphatic heterocycles. The number of amides is 1. The molecule has 4 heteroatoms. The van der Waals surface area contributed by atoms with Gasteiger partial charge >= 0.3 is 0 Å².